The molecule has 2 rings (SSSR count). The van der Waals surface area contributed by atoms with Crippen molar-refractivity contribution in [2.45, 2.75) is 110 Å². The summed E-state index contributed by atoms with van der Waals surface area (Å²) in [6.07, 6.45) is 27.1. The van der Waals surface area contributed by atoms with Crippen molar-refractivity contribution in [1.29, 1.82) is 0 Å². The average Bonchev–Trinajstić information content (AvgIpc) is 2.60. The van der Waals surface area contributed by atoms with Gasteiger partial charge in [0.25, 0.3) is 0 Å². The van der Waals surface area contributed by atoms with Crippen molar-refractivity contribution >= 4 is 0 Å². The van der Waals surface area contributed by atoms with Gasteiger partial charge in [0.15, 0.2) is 0 Å². The van der Waals surface area contributed by atoms with Crippen LogP contribution in [0.2, 0.25) is 0 Å². The molecule has 0 nitrogen and oxygen atoms in total. The molecule has 0 aromatic heterocycles. The van der Waals surface area contributed by atoms with Gasteiger partial charge in [-0.3, -0.25) is 0 Å². The Morgan fingerprint density at radius 3 is 1.78 bits per heavy atom. The zero-order chi connectivity index (χ0) is 16.3. The fourth-order valence-corrected chi connectivity index (χ4v) is 5.26. The zero-order valence-electron chi connectivity index (χ0n) is 16.1. The Morgan fingerprint density at radius 2 is 1.26 bits per heavy atom. The number of hydrogen-bond donors (Lipinski definition) is 0. The van der Waals surface area contributed by atoms with Crippen molar-refractivity contribution in [2.24, 2.45) is 23.7 Å². The summed E-state index contributed by atoms with van der Waals surface area (Å²) in [7, 11) is 0. The van der Waals surface area contributed by atoms with Crippen LogP contribution in [0, 0.1) is 23.7 Å². The van der Waals surface area contributed by atoms with E-state index in [9.17, 15) is 0 Å². The molecule has 134 valence electrons. The molecule has 0 N–H and O–H groups in total. The maximum Gasteiger partial charge on any atom is -0.0348 e. The van der Waals surface area contributed by atoms with Crippen LogP contribution in [0.3, 0.4) is 0 Å². The molecule has 0 aromatic carbocycles. The molecule has 0 heteroatoms. The molecule has 2 fully saturated rings. The minimum absolute atomic E-state index is 1.04. The van der Waals surface area contributed by atoms with Crippen LogP contribution in [0.15, 0.2) is 12.2 Å². The molecule has 0 bridgehead atoms. The first-order chi connectivity index (χ1) is 11.3. The highest BCUT2D eigenvalue weighted by molar-refractivity contribution is 4.84. The lowest BCUT2D eigenvalue weighted by molar-refractivity contribution is 0.140. The van der Waals surface area contributed by atoms with Crippen molar-refractivity contribution < 1.29 is 0 Å². The molecule has 0 unspecified atom stereocenters. The molecule has 0 radical (unpaired) electrons. The Morgan fingerprint density at radius 1 is 0.696 bits per heavy atom. The maximum atomic E-state index is 2.36. The van der Waals surface area contributed by atoms with Gasteiger partial charge in [0.05, 0.1) is 0 Å². The number of unbranched alkanes of at least 4 members (excludes halogenated alkanes) is 3. The van der Waals surface area contributed by atoms with Crippen LogP contribution in [0.25, 0.3) is 0 Å². The van der Waals surface area contributed by atoms with Gasteiger partial charge in [0.1, 0.15) is 0 Å². The molecule has 0 amide bonds. The topological polar surface area (TPSA) is 0 Å². The van der Waals surface area contributed by atoms with Crippen LogP contribution in [-0.4, -0.2) is 0 Å². The van der Waals surface area contributed by atoms with Crippen molar-refractivity contribution in [1.82, 2.24) is 0 Å². The van der Waals surface area contributed by atoms with Crippen LogP contribution in [0.5, 0.6) is 0 Å². The molecule has 0 atom stereocenters. The maximum absolute atomic E-state index is 2.36. The first kappa shape index (κ1) is 19.1. The number of allylic oxidation sites excluding steroid dienone is 2. The highest BCUT2D eigenvalue weighted by atomic mass is 14.4. The number of hydrogen-bond acceptors (Lipinski definition) is 0. The summed E-state index contributed by atoms with van der Waals surface area (Å²) < 4.78 is 0. The third-order valence-electron chi connectivity index (χ3n) is 6.89. The summed E-state index contributed by atoms with van der Waals surface area (Å²) in [4.78, 5) is 0. The minimum atomic E-state index is 1.04. The van der Waals surface area contributed by atoms with Crippen LogP contribution >= 0.6 is 0 Å². The van der Waals surface area contributed by atoms with Crippen molar-refractivity contribution in [2.75, 3.05) is 0 Å². The standard InChI is InChI=1S/C23H42/c1-3-5-7-9-11-21-14-18-23(19-15-21)22-16-12-20(13-17-22)10-8-6-4-2/h4,6,20-23H,3,5,7-19H2,1-2H3/b6-4+. The Balaban J connectivity index is 1.57. The van der Waals surface area contributed by atoms with E-state index in [4.69, 9.17) is 0 Å². The summed E-state index contributed by atoms with van der Waals surface area (Å²) in [5.74, 6) is 4.31. The summed E-state index contributed by atoms with van der Waals surface area (Å²) in [6, 6.07) is 0. The second-order valence-electron chi connectivity index (χ2n) is 8.56. The predicted octanol–water partition coefficient (Wildman–Crippen LogP) is 7.93. The van der Waals surface area contributed by atoms with Crippen molar-refractivity contribution in [3.8, 4) is 0 Å². The van der Waals surface area contributed by atoms with Gasteiger partial charge >= 0.3 is 0 Å². The Labute approximate surface area is 146 Å². The normalized spacial score (nSPS) is 32.4. The highest BCUT2D eigenvalue weighted by Crippen LogP contribution is 2.43. The third-order valence-corrected chi connectivity index (χ3v) is 6.89. The quantitative estimate of drug-likeness (QED) is 0.299. The van der Waals surface area contributed by atoms with Gasteiger partial charge in [-0.15, -0.1) is 0 Å². The lowest BCUT2D eigenvalue weighted by Gasteiger charge is -2.38. The van der Waals surface area contributed by atoms with Gasteiger partial charge in [-0.2, -0.15) is 0 Å². The summed E-state index contributed by atoms with van der Waals surface area (Å²) in [5.41, 5.74) is 0. The summed E-state index contributed by atoms with van der Waals surface area (Å²) in [6.45, 7) is 4.47. The Kier molecular flexibility index (Phi) is 9.39. The molecule has 0 aromatic rings. The Bertz CT molecular complexity index is 300. The fraction of sp³-hybridized carbons (Fsp3) is 0.913. The smallest absolute Gasteiger partial charge is 0.0348 e. The van der Waals surface area contributed by atoms with Gasteiger partial charge in [-0.05, 0) is 69.1 Å². The lowest BCUT2D eigenvalue weighted by Crippen LogP contribution is -2.25. The van der Waals surface area contributed by atoms with Crippen LogP contribution < -0.4 is 0 Å². The van der Waals surface area contributed by atoms with Crippen LogP contribution in [0.1, 0.15) is 110 Å². The minimum Gasteiger partial charge on any atom is -0.0917 e. The first-order valence-electron chi connectivity index (χ1n) is 10.9. The average molecular weight is 319 g/mol. The predicted molar refractivity (Wildman–Crippen MR) is 104 cm³/mol. The summed E-state index contributed by atoms with van der Waals surface area (Å²) >= 11 is 0. The van der Waals surface area contributed by atoms with Gasteiger partial charge in [-0.1, -0.05) is 76.9 Å². The first-order valence-corrected chi connectivity index (χ1v) is 10.9. The van der Waals surface area contributed by atoms with E-state index >= 15 is 0 Å². The fourth-order valence-electron chi connectivity index (χ4n) is 5.26. The van der Waals surface area contributed by atoms with E-state index in [0.29, 0.717) is 0 Å². The lowest BCUT2D eigenvalue weighted by atomic mass is 9.68. The van der Waals surface area contributed by atoms with E-state index in [0.717, 1.165) is 23.7 Å². The van der Waals surface area contributed by atoms with E-state index in [2.05, 4.69) is 26.0 Å². The molecular weight excluding hydrogens is 276 g/mol. The van der Waals surface area contributed by atoms with Gasteiger partial charge in [0, 0.05) is 0 Å². The molecule has 2 aliphatic carbocycles. The van der Waals surface area contributed by atoms with E-state index in [1.165, 1.54) is 57.8 Å². The van der Waals surface area contributed by atoms with Crippen LogP contribution in [-0.2, 0) is 0 Å². The second kappa shape index (κ2) is 11.3. The Hall–Kier alpha value is -0.260. The molecule has 23 heavy (non-hydrogen) atoms. The molecule has 2 saturated carbocycles. The zero-order valence-corrected chi connectivity index (χ0v) is 16.1. The van der Waals surface area contributed by atoms with E-state index < -0.39 is 0 Å². The third kappa shape index (κ3) is 7.02. The summed E-state index contributed by atoms with van der Waals surface area (Å²) in [5, 5.41) is 0. The van der Waals surface area contributed by atoms with E-state index in [1.807, 2.05) is 0 Å². The van der Waals surface area contributed by atoms with Gasteiger partial charge in [-0.25, -0.2) is 0 Å². The van der Waals surface area contributed by atoms with Gasteiger partial charge < -0.3 is 0 Å². The molecule has 0 saturated heterocycles. The highest BCUT2D eigenvalue weighted by Gasteiger charge is 2.30. The monoisotopic (exact) mass is 318 g/mol. The largest absolute Gasteiger partial charge is 0.0917 e. The van der Waals surface area contributed by atoms with Crippen molar-refractivity contribution in [3.63, 3.8) is 0 Å². The SMILES string of the molecule is C/C=C/CCC1CCC(C2CCC(CCCCCC)CC2)CC1. The molecule has 0 heterocycles. The molecular formula is C23H42. The molecule has 2 aliphatic rings. The van der Waals surface area contributed by atoms with E-state index in [1.54, 1.807) is 38.5 Å². The van der Waals surface area contributed by atoms with Crippen LogP contribution in [0.4, 0.5) is 0 Å². The van der Waals surface area contributed by atoms with E-state index in [-0.39, 0.29) is 0 Å². The molecule has 0 aliphatic heterocycles. The molecule has 0 spiro atoms. The van der Waals surface area contributed by atoms with Crippen molar-refractivity contribution in [3.05, 3.63) is 12.2 Å². The number of rotatable bonds is 9. The van der Waals surface area contributed by atoms with Gasteiger partial charge in [0.2, 0.25) is 0 Å². The second-order valence-corrected chi connectivity index (χ2v) is 8.56.